The van der Waals surface area contributed by atoms with E-state index in [9.17, 15) is 13.2 Å². The molecule has 3 rings (SSSR count). The van der Waals surface area contributed by atoms with Gasteiger partial charge in [0.25, 0.3) is 0 Å². The van der Waals surface area contributed by atoms with Crippen molar-refractivity contribution in [1.82, 2.24) is 9.97 Å². The van der Waals surface area contributed by atoms with Crippen LogP contribution >= 0.6 is 0 Å². The smallest absolute Gasteiger partial charge is 0.434 e. The van der Waals surface area contributed by atoms with E-state index >= 15 is 0 Å². The fourth-order valence-electron chi connectivity index (χ4n) is 2.65. The Hall–Kier alpha value is -3.09. The first-order valence-electron chi connectivity index (χ1n) is 9.02. The average molecular weight is 402 g/mol. The maximum atomic E-state index is 13.4. The molecule has 0 saturated carbocycles. The number of benzene rings is 1. The second-order valence-electron chi connectivity index (χ2n) is 7.41. The lowest BCUT2D eigenvalue weighted by Gasteiger charge is -2.21. The Bertz CT molecular complexity index is 968. The maximum Gasteiger partial charge on any atom is 0.434 e. The van der Waals surface area contributed by atoms with Gasteiger partial charge in [0.1, 0.15) is 18.0 Å². The van der Waals surface area contributed by atoms with Gasteiger partial charge >= 0.3 is 6.18 Å². The molecule has 1 aromatic carbocycles. The number of nitrogens with zero attached hydrogens (tertiary/aromatic N) is 2. The lowest BCUT2D eigenvalue weighted by Crippen LogP contribution is -2.23. The number of rotatable bonds is 5. The highest BCUT2D eigenvalue weighted by Crippen LogP contribution is 2.37. The molecule has 0 N–H and O–H groups in total. The van der Waals surface area contributed by atoms with Gasteiger partial charge in [0.05, 0.1) is 5.69 Å². The minimum atomic E-state index is -4.61. The molecule has 0 amide bonds. The Balaban J connectivity index is 2.01. The van der Waals surface area contributed by atoms with Crippen LogP contribution in [0.3, 0.4) is 0 Å². The Morgan fingerprint density at radius 2 is 1.66 bits per heavy atom. The topological polar surface area (TPSA) is 44.2 Å². The predicted octanol–water partition coefficient (Wildman–Crippen LogP) is 5.92. The Kier molecular flexibility index (Phi) is 5.77. The molecule has 0 bridgehead atoms. The summed E-state index contributed by atoms with van der Waals surface area (Å²) in [6, 6.07) is 15.3. The fourth-order valence-corrected chi connectivity index (χ4v) is 2.65. The predicted molar refractivity (Wildman–Crippen MR) is 104 cm³/mol. The molecule has 4 nitrogen and oxygen atoms in total. The Morgan fingerprint density at radius 3 is 2.31 bits per heavy atom. The normalized spacial score (nSPS) is 11.9. The van der Waals surface area contributed by atoms with E-state index in [1.54, 1.807) is 6.07 Å². The molecule has 0 aliphatic carbocycles. The van der Waals surface area contributed by atoms with Crippen molar-refractivity contribution in [3.8, 4) is 22.9 Å². The molecule has 2 heterocycles. The first-order chi connectivity index (χ1) is 13.6. The molecule has 0 aliphatic rings. The number of aromatic nitrogens is 2. The third-order valence-corrected chi connectivity index (χ3v) is 3.79. The number of alkyl halides is 3. The summed E-state index contributed by atoms with van der Waals surface area (Å²) in [5.41, 5.74) is -0.709. The SMILES string of the molecule is CC(C)(C)Oc1cc(OCc2ccccc2)cc(-c2cccnc2C(F)(F)F)n1. The van der Waals surface area contributed by atoms with E-state index in [0.29, 0.717) is 5.75 Å². The molecule has 2 aromatic heterocycles. The zero-order valence-corrected chi connectivity index (χ0v) is 16.3. The van der Waals surface area contributed by atoms with E-state index in [4.69, 9.17) is 9.47 Å². The molecule has 3 aromatic rings. The summed E-state index contributed by atoms with van der Waals surface area (Å²) >= 11 is 0. The Labute approximate surface area is 167 Å². The van der Waals surface area contributed by atoms with Gasteiger partial charge in [0, 0.05) is 23.9 Å². The van der Waals surface area contributed by atoms with Gasteiger partial charge in [-0.05, 0) is 38.5 Å². The van der Waals surface area contributed by atoms with Crippen molar-refractivity contribution in [2.45, 2.75) is 39.2 Å². The highest BCUT2D eigenvalue weighted by atomic mass is 19.4. The molecule has 0 unspecified atom stereocenters. The van der Waals surface area contributed by atoms with Gasteiger partial charge in [0.15, 0.2) is 5.69 Å². The van der Waals surface area contributed by atoms with Crippen molar-refractivity contribution in [2.75, 3.05) is 0 Å². The van der Waals surface area contributed by atoms with Gasteiger partial charge in [-0.15, -0.1) is 0 Å². The van der Waals surface area contributed by atoms with Crippen LogP contribution in [-0.2, 0) is 12.8 Å². The molecule has 29 heavy (non-hydrogen) atoms. The van der Waals surface area contributed by atoms with Crippen LogP contribution in [0.25, 0.3) is 11.3 Å². The average Bonchev–Trinajstić information content (AvgIpc) is 2.65. The van der Waals surface area contributed by atoms with E-state index in [0.717, 1.165) is 11.8 Å². The second kappa shape index (κ2) is 8.11. The number of halogens is 3. The summed E-state index contributed by atoms with van der Waals surface area (Å²) in [6.45, 7) is 5.75. The van der Waals surface area contributed by atoms with E-state index in [-0.39, 0.29) is 23.7 Å². The first kappa shape index (κ1) is 20.6. The summed E-state index contributed by atoms with van der Waals surface area (Å²) in [5.74, 6) is 0.533. The summed E-state index contributed by atoms with van der Waals surface area (Å²) in [7, 11) is 0. The standard InChI is InChI=1S/C22H21F3N2O2/c1-21(2,3)29-19-13-16(28-14-15-8-5-4-6-9-15)12-18(27-19)17-10-7-11-26-20(17)22(23,24)25/h4-13H,14H2,1-3H3. The number of hydrogen-bond acceptors (Lipinski definition) is 4. The monoisotopic (exact) mass is 402 g/mol. The highest BCUT2D eigenvalue weighted by molar-refractivity contribution is 5.64. The van der Waals surface area contributed by atoms with Gasteiger partial charge < -0.3 is 9.47 Å². The number of pyridine rings is 2. The summed E-state index contributed by atoms with van der Waals surface area (Å²) < 4.78 is 51.9. The van der Waals surface area contributed by atoms with Crippen LogP contribution in [-0.4, -0.2) is 15.6 Å². The zero-order chi connectivity index (χ0) is 21.1. The van der Waals surface area contributed by atoms with Crippen LogP contribution < -0.4 is 9.47 Å². The Morgan fingerprint density at radius 1 is 0.931 bits per heavy atom. The molecule has 7 heteroatoms. The molecule has 0 radical (unpaired) electrons. The molecule has 0 spiro atoms. The quantitative estimate of drug-likeness (QED) is 0.531. The van der Waals surface area contributed by atoms with Crippen LogP contribution in [0.1, 0.15) is 32.0 Å². The van der Waals surface area contributed by atoms with Crippen LogP contribution in [0.5, 0.6) is 11.6 Å². The third kappa shape index (κ3) is 5.70. The van der Waals surface area contributed by atoms with Crippen molar-refractivity contribution in [3.05, 3.63) is 72.1 Å². The summed E-state index contributed by atoms with van der Waals surface area (Å²) in [6.07, 6.45) is -3.50. The lowest BCUT2D eigenvalue weighted by atomic mass is 10.1. The number of hydrogen-bond donors (Lipinski definition) is 0. The highest BCUT2D eigenvalue weighted by Gasteiger charge is 2.36. The van der Waals surface area contributed by atoms with Gasteiger partial charge in [0.2, 0.25) is 5.88 Å². The molecule has 0 atom stereocenters. The van der Waals surface area contributed by atoms with E-state index in [1.807, 2.05) is 51.1 Å². The second-order valence-corrected chi connectivity index (χ2v) is 7.41. The maximum absolute atomic E-state index is 13.4. The van der Waals surface area contributed by atoms with Crippen LogP contribution in [0.4, 0.5) is 13.2 Å². The van der Waals surface area contributed by atoms with Crippen LogP contribution in [0.15, 0.2) is 60.8 Å². The van der Waals surface area contributed by atoms with Crippen LogP contribution in [0, 0.1) is 0 Å². The number of ether oxygens (including phenoxy) is 2. The van der Waals surface area contributed by atoms with Crippen LogP contribution in [0.2, 0.25) is 0 Å². The largest absolute Gasteiger partial charge is 0.489 e. The third-order valence-electron chi connectivity index (χ3n) is 3.79. The van der Waals surface area contributed by atoms with Crippen molar-refractivity contribution in [3.63, 3.8) is 0 Å². The van der Waals surface area contributed by atoms with Gasteiger partial charge in [-0.2, -0.15) is 13.2 Å². The van der Waals surface area contributed by atoms with E-state index < -0.39 is 17.5 Å². The van der Waals surface area contributed by atoms with Gasteiger partial charge in [-0.25, -0.2) is 4.98 Å². The molecular weight excluding hydrogens is 381 g/mol. The zero-order valence-electron chi connectivity index (χ0n) is 16.3. The molecule has 0 aliphatic heterocycles. The van der Waals surface area contributed by atoms with Crippen molar-refractivity contribution >= 4 is 0 Å². The van der Waals surface area contributed by atoms with Crippen molar-refractivity contribution < 1.29 is 22.6 Å². The molecular formula is C22H21F3N2O2. The van der Waals surface area contributed by atoms with E-state index in [2.05, 4.69) is 9.97 Å². The van der Waals surface area contributed by atoms with E-state index in [1.165, 1.54) is 18.2 Å². The minimum absolute atomic E-state index is 0.0789. The first-order valence-corrected chi connectivity index (χ1v) is 9.02. The molecule has 0 fully saturated rings. The minimum Gasteiger partial charge on any atom is -0.489 e. The van der Waals surface area contributed by atoms with Gasteiger partial charge in [-0.3, -0.25) is 4.98 Å². The van der Waals surface area contributed by atoms with Crippen molar-refractivity contribution in [1.29, 1.82) is 0 Å². The molecule has 0 saturated heterocycles. The van der Waals surface area contributed by atoms with Gasteiger partial charge in [-0.1, -0.05) is 30.3 Å². The molecule has 152 valence electrons. The summed E-state index contributed by atoms with van der Waals surface area (Å²) in [5, 5.41) is 0. The lowest BCUT2D eigenvalue weighted by molar-refractivity contribution is -0.140. The summed E-state index contributed by atoms with van der Waals surface area (Å²) in [4.78, 5) is 7.78. The van der Waals surface area contributed by atoms with Crippen molar-refractivity contribution in [2.24, 2.45) is 0 Å². The fraction of sp³-hybridized carbons (Fsp3) is 0.273.